The van der Waals surface area contributed by atoms with Crippen LogP contribution < -0.4 is 9.47 Å². The van der Waals surface area contributed by atoms with E-state index in [1.54, 1.807) is 4.57 Å². The number of nitrogens with zero attached hydrogens (tertiary/aromatic N) is 4. The number of imidazole rings is 1. The highest BCUT2D eigenvalue weighted by Crippen LogP contribution is 2.25. The molecule has 0 spiro atoms. The topological polar surface area (TPSA) is 101 Å². The van der Waals surface area contributed by atoms with Gasteiger partial charge in [-0.2, -0.15) is 0 Å². The van der Waals surface area contributed by atoms with Crippen molar-refractivity contribution in [3.05, 3.63) is 70.4 Å². The number of morpholine rings is 1. The molecule has 190 valence electrons. The van der Waals surface area contributed by atoms with Crippen molar-refractivity contribution in [3.8, 4) is 22.9 Å². The first-order chi connectivity index (χ1) is 17.6. The highest BCUT2D eigenvalue weighted by atomic mass is 16.6. The summed E-state index contributed by atoms with van der Waals surface area (Å²) in [6.45, 7) is 6.57. The number of hydrogen-bond acceptors (Lipinski definition) is 8. The van der Waals surface area contributed by atoms with Crippen LogP contribution in [0.5, 0.6) is 11.8 Å². The molecule has 2 aliphatic rings. The summed E-state index contributed by atoms with van der Waals surface area (Å²) < 4.78 is 24.5. The van der Waals surface area contributed by atoms with E-state index in [1.807, 2.05) is 24.3 Å². The number of hydrogen-bond donors (Lipinski definition) is 0. The number of aromatic nitrogens is 2. The fourth-order valence-electron chi connectivity index (χ4n) is 4.36. The van der Waals surface area contributed by atoms with Gasteiger partial charge in [0.15, 0.2) is 0 Å². The second-order valence-corrected chi connectivity index (χ2v) is 8.92. The van der Waals surface area contributed by atoms with Gasteiger partial charge in [-0.1, -0.05) is 30.3 Å². The Morgan fingerprint density at radius 2 is 1.94 bits per heavy atom. The van der Waals surface area contributed by atoms with Crippen LogP contribution in [-0.2, 0) is 22.6 Å². The first kappa shape index (κ1) is 24.2. The normalized spacial score (nSPS) is 17.8. The maximum Gasteiger partial charge on any atom is 0.414 e. The molecule has 0 N–H and O–H groups in total. The van der Waals surface area contributed by atoms with Gasteiger partial charge in [0.2, 0.25) is 0 Å². The van der Waals surface area contributed by atoms with Crippen LogP contribution in [0.15, 0.2) is 54.7 Å². The number of rotatable bonds is 10. The van der Waals surface area contributed by atoms with Gasteiger partial charge in [0, 0.05) is 24.6 Å². The molecule has 0 saturated carbocycles. The average molecular weight is 495 g/mol. The lowest BCUT2D eigenvalue weighted by Crippen LogP contribution is -2.37. The van der Waals surface area contributed by atoms with E-state index in [-0.39, 0.29) is 17.9 Å². The van der Waals surface area contributed by atoms with E-state index in [0.717, 1.165) is 61.7 Å². The molecule has 0 radical (unpaired) electrons. The Kier molecular flexibility index (Phi) is 7.75. The molecule has 3 aromatic rings. The second-order valence-electron chi connectivity index (χ2n) is 8.92. The Hall–Kier alpha value is -3.47. The maximum absolute atomic E-state index is 10.9. The monoisotopic (exact) mass is 494 g/mol. The smallest absolute Gasteiger partial charge is 0.414 e. The lowest BCUT2D eigenvalue weighted by molar-refractivity contribution is -0.389. The molecule has 10 heteroatoms. The zero-order valence-corrected chi connectivity index (χ0v) is 20.1. The van der Waals surface area contributed by atoms with E-state index < -0.39 is 4.92 Å². The Morgan fingerprint density at radius 3 is 2.75 bits per heavy atom. The van der Waals surface area contributed by atoms with Gasteiger partial charge in [0.1, 0.15) is 24.7 Å². The molecule has 1 aromatic heterocycles. The fourth-order valence-corrected chi connectivity index (χ4v) is 4.36. The van der Waals surface area contributed by atoms with Crippen LogP contribution in [0.1, 0.15) is 12.0 Å². The average Bonchev–Trinajstić information content (AvgIpc) is 3.35. The Balaban J connectivity index is 1.10. The zero-order chi connectivity index (χ0) is 24.7. The van der Waals surface area contributed by atoms with E-state index in [1.165, 1.54) is 6.20 Å². The number of nitro groups is 1. The molecule has 1 saturated heterocycles. The summed E-state index contributed by atoms with van der Waals surface area (Å²) in [7, 11) is 0. The fraction of sp³-hybridized carbons (Fsp3) is 0.423. The predicted octanol–water partition coefficient (Wildman–Crippen LogP) is 3.54. The van der Waals surface area contributed by atoms with Crippen molar-refractivity contribution >= 4 is 5.82 Å². The van der Waals surface area contributed by atoms with E-state index in [2.05, 4.69) is 34.1 Å². The number of fused-ring (bicyclic) bond motifs is 1. The molecule has 2 aromatic carbocycles. The minimum absolute atomic E-state index is 0.213. The quantitative estimate of drug-likeness (QED) is 0.240. The van der Waals surface area contributed by atoms with Crippen molar-refractivity contribution < 1.29 is 23.9 Å². The van der Waals surface area contributed by atoms with Gasteiger partial charge in [-0.05, 0) is 46.2 Å². The van der Waals surface area contributed by atoms with Crippen LogP contribution in [0, 0.1) is 10.1 Å². The van der Waals surface area contributed by atoms with E-state index >= 15 is 0 Å². The van der Waals surface area contributed by atoms with Crippen molar-refractivity contribution in [2.45, 2.75) is 25.7 Å². The number of benzene rings is 2. The lowest BCUT2D eigenvalue weighted by Gasteiger charge is -2.26. The van der Waals surface area contributed by atoms with Gasteiger partial charge in [0.25, 0.3) is 0 Å². The molecule has 0 amide bonds. The minimum atomic E-state index is -0.526. The van der Waals surface area contributed by atoms with Gasteiger partial charge in [-0.15, -0.1) is 0 Å². The van der Waals surface area contributed by atoms with Crippen LogP contribution in [0.2, 0.25) is 0 Å². The summed E-state index contributed by atoms with van der Waals surface area (Å²) in [6.07, 6.45) is 2.16. The SMILES string of the molecule is O=[N+]([O-])c1cn2c(n1)OC[C@@H](OCc1cccc(-c3ccc(OCCCN4CCOCC4)cc3)c1)C2. The Morgan fingerprint density at radius 1 is 1.11 bits per heavy atom. The molecule has 36 heavy (non-hydrogen) atoms. The Labute approximate surface area is 209 Å². The summed E-state index contributed by atoms with van der Waals surface area (Å²) in [5, 5.41) is 10.9. The summed E-state index contributed by atoms with van der Waals surface area (Å²) in [4.78, 5) is 16.7. The van der Waals surface area contributed by atoms with Gasteiger partial charge >= 0.3 is 11.8 Å². The molecule has 1 atom stereocenters. The lowest BCUT2D eigenvalue weighted by atomic mass is 10.0. The second kappa shape index (κ2) is 11.5. The van der Waals surface area contributed by atoms with E-state index in [9.17, 15) is 10.1 Å². The molecule has 0 aliphatic carbocycles. The molecule has 1 fully saturated rings. The highest BCUT2D eigenvalue weighted by Gasteiger charge is 2.28. The molecule has 3 heterocycles. The van der Waals surface area contributed by atoms with E-state index in [0.29, 0.717) is 26.4 Å². The predicted molar refractivity (Wildman–Crippen MR) is 132 cm³/mol. The van der Waals surface area contributed by atoms with Crippen LogP contribution in [0.3, 0.4) is 0 Å². The van der Waals surface area contributed by atoms with Crippen LogP contribution in [0.25, 0.3) is 11.1 Å². The van der Waals surface area contributed by atoms with Crippen molar-refractivity contribution in [1.82, 2.24) is 14.5 Å². The van der Waals surface area contributed by atoms with Crippen LogP contribution in [-0.4, -0.2) is 71.5 Å². The molecule has 0 unspecified atom stereocenters. The minimum Gasteiger partial charge on any atom is -0.494 e. The van der Waals surface area contributed by atoms with Crippen molar-refractivity contribution in [3.63, 3.8) is 0 Å². The Bertz CT molecular complexity index is 1160. The van der Waals surface area contributed by atoms with Crippen molar-refractivity contribution in [2.24, 2.45) is 0 Å². The van der Waals surface area contributed by atoms with Crippen LogP contribution >= 0.6 is 0 Å². The van der Waals surface area contributed by atoms with Crippen LogP contribution in [0.4, 0.5) is 5.82 Å². The third kappa shape index (κ3) is 6.20. The van der Waals surface area contributed by atoms with Crippen molar-refractivity contribution in [2.75, 3.05) is 46.1 Å². The highest BCUT2D eigenvalue weighted by molar-refractivity contribution is 5.64. The van der Waals surface area contributed by atoms with Gasteiger partial charge in [-0.25, -0.2) is 0 Å². The molecular weight excluding hydrogens is 464 g/mol. The third-order valence-corrected chi connectivity index (χ3v) is 6.30. The largest absolute Gasteiger partial charge is 0.494 e. The summed E-state index contributed by atoms with van der Waals surface area (Å²) >= 11 is 0. The first-order valence-electron chi connectivity index (χ1n) is 12.2. The summed E-state index contributed by atoms with van der Waals surface area (Å²) in [6, 6.07) is 16.6. The first-order valence-corrected chi connectivity index (χ1v) is 12.2. The summed E-state index contributed by atoms with van der Waals surface area (Å²) in [5.74, 6) is 0.652. The van der Waals surface area contributed by atoms with Crippen molar-refractivity contribution in [1.29, 1.82) is 0 Å². The van der Waals surface area contributed by atoms with Gasteiger partial charge in [-0.3, -0.25) is 9.47 Å². The maximum atomic E-state index is 10.9. The molecule has 10 nitrogen and oxygen atoms in total. The number of ether oxygens (including phenoxy) is 4. The molecular formula is C26H30N4O6. The third-order valence-electron chi connectivity index (χ3n) is 6.30. The molecule has 2 aliphatic heterocycles. The van der Waals surface area contributed by atoms with Gasteiger partial charge in [0.05, 0.1) is 33.0 Å². The standard InChI is InChI=1S/C26H30N4O6/c31-30(32)25-17-29-16-24(19-36-26(29)27-25)35-18-20-3-1-4-22(15-20)21-5-7-23(8-6-21)34-12-2-9-28-10-13-33-14-11-28/h1,3-8,15,17,24H,2,9-14,16,18-19H2/t24-/m0/s1. The van der Waals surface area contributed by atoms with E-state index in [4.69, 9.17) is 18.9 Å². The zero-order valence-electron chi connectivity index (χ0n) is 20.1. The summed E-state index contributed by atoms with van der Waals surface area (Å²) in [5.41, 5.74) is 3.25. The van der Waals surface area contributed by atoms with Gasteiger partial charge < -0.3 is 29.1 Å². The molecule has 5 rings (SSSR count). The molecule has 0 bridgehead atoms.